The molecule has 1 atom stereocenters. The van der Waals surface area contributed by atoms with Crippen molar-refractivity contribution in [3.05, 3.63) is 0 Å². The maximum Gasteiger partial charge on any atom is 0.234 e. The molecule has 0 aromatic carbocycles. The van der Waals surface area contributed by atoms with Gasteiger partial charge in [0.1, 0.15) is 0 Å². The van der Waals surface area contributed by atoms with Crippen molar-refractivity contribution in [1.29, 1.82) is 0 Å². The number of hydrogen-bond donors (Lipinski definition) is 2. The van der Waals surface area contributed by atoms with Crippen LogP contribution in [-0.2, 0) is 4.79 Å². The first-order valence-corrected chi connectivity index (χ1v) is 7.28. The molecule has 0 saturated heterocycles. The average Bonchev–Trinajstić information content (AvgIpc) is 2.99. The van der Waals surface area contributed by atoms with Crippen LogP contribution >= 0.6 is 0 Å². The van der Waals surface area contributed by atoms with Crippen LogP contribution < -0.4 is 10.6 Å². The molecule has 1 amide bonds. The van der Waals surface area contributed by atoms with E-state index in [1.165, 1.54) is 51.4 Å². The van der Waals surface area contributed by atoms with E-state index in [1.54, 1.807) is 0 Å². The van der Waals surface area contributed by atoms with Gasteiger partial charge in [-0.25, -0.2) is 0 Å². The van der Waals surface area contributed by atoms with Crippen molar-refractivity contribution in [3.8, 4) is 0 Å². The lowest BCUT2D eigenvalue weighted by atomic mass is 10.00. The summed E-state index contributed by atoms with van der Waals surface area (Å²) in [5.74, 6) is 0.890. The monoisotopic (exact) mass is 238 g/mol. The SMILES string of the molecule is CC(NC(=O)CNC1CCCC1)C1CCCC1. The third-order valence-corrected chi connectivity index (χ3v) is 4.40. The summed E-state index contributed by atoms with van der Waals surface area (Å²) in [7, 11) is 0. The standard InChI is InChI=1S/C14H26N2O/c1-11(12-6-2-3-7-12)16-14(17)10-15-13-8-4-5-9-13/h11-13,15H,2-10H2,1H3,(H,16,17). The first-order valence-electron chi connectivity index (χ1n) is 7.28. The quantitative estimate of drug-likeness (QED) is 0.771. The molecule has 0 aliphatic heterocycles. The van der Waals surface area contributed by atoms with E-state index in [0.29, 0.717) is 24.5 Å². The van der Waals surface area contributed by atoms with E-state index in [1.807, 2.05) is 0 Å². The van der Waals surface area contributed by atoms with Crippen molar-refractivity contribution in [2.24, 2.45) is 5.92 Å². The summed E-state index contributed by atoms with van der Waals surface area (Å²) in [5.41, 5.74) is 0. The second kappa shape index (κ2) is 6.39. The molecule has 2 fully saturated rings. The Labute approximate surface area is 105 Å². The number of rotatable bonds is 5. The second-order valence-electron chi connectivity index (χ2n) is 5.76. The Morgan fingerprint density at radius 3 is 2.35 bits per heavy atom. The van der Waals surface area contributed by atoms with Crippen LogP contribution in [0.2, 0.25) is 0 Å². The van der Waals surface area contributed by atoms with E-state index in [0.717, 1.165) is 0 Å². The van der Waals surface area contributed by atoms with Gasteiger partial charge in [-0.3, -0.25) is 4.79 Å². The van der Waals surface area contributed by atoms with Gasteiger partial charge < -0.3 is 10.6 Å². The lowest BCUT2D eigenvalue weighted by Gasteiger charge is -2.21. The molecule has 0 aromatic rings. The maximum absolute atomic E-state index is 11.8. The Bertz CT molecular complexity index is 243. The molecule has 2 aliphatic rings. The third-order valence-electron chi connectivity index (χ3n) is 4.40. The van der Waals surface area contributed by atoms with E-state index >= 15 is 0 Å². The highest BCUT2D eigenvalue weighted by Crippen LogP contribution is 2.27. The van der Waals surface area contributed by atoms with E-state index in [4.69, 9.17) is 0 Å². The zero-order valence-electron chi connectivity index (χ0n) is 11.0. The predicted octanol–water partition coefficient (Wildman–Crippen LogP) is 2.21. The van der Waals surface area contributed by atoms with Gasteiger partial charge in [0.25, 0.3) is 0 Å². The lowest BCUT2D eigenvalue weighted by molar-refractivity contribution is -0.121. The van der Waals surface area contributed by atoms with Gasteiger partial charge in [0.15, 0.2) is 0 Å². The molecular formula is C14H26N2O. The fourth-order valence-corrected chi connectivity index (χ4v) is 3.25. The molecule has 0 aromatic heterocycles. The minimum Gasteiger partial charge on any atom is -0.352 e. The van der Waals surface area contributed by atoms with Crippen LogP contribution in [0.3, 0.4) is 0 Å². The van der Waals surface area contributed by atoms with Gasteiger partial charge in [-0.05, 0) is 38.5 Å². The van der Waals surface area contributed by atoms with Crippen LogP contribution in [0.1, 0.15) is 58.3 Å². The number of carbonyl (C=O) groups excluding carboxylic acids is 1. The van der Waals surface area contributed by atoms with Crippen LogP contribution in [0.25, 0.3) is 0 Å². The van der Waals surface area contributed by atoms with Crippen LogP contribution in [0.5, 0.6) is 0 Å². The van der Waals surface area contributed by atoms with Crippen LogP contribution in [0.4, 0.5) is 0 Å². The van der Waals surface area contributed by atoms with Crippen molar-refractivity contribution >= 4 is 5.91 Å². The third kappa shape index (κ3) is 3.98. The molecule has 0 heterocycles. The lowest BCUT2D eigenvalue weighted by Crippen LogP contribution is -2.43. The molecule has 1 unspecified atom stereocenters. The zero-order chi connectivity index (χ0) is 12.1. The van der Waals surface area contributed by atoms with Crippen molar-refractivity contribution in [1.82, 2.24) is 10.6 Å². The van der Waals surface area contributed by atoms with E-state index in [2.05, 4.69) is 17.6 Å². The molecule has 2 N–H and O–H groups in total. The fraction of sp³-hybridized carbons (Fsp3) is 0.929. The molecule has 2 saturated carbocycles. The van der Waals surface area contributed by atoms with Crippen molar-refractivity contribution in [3.63, 3.8) is 0 Å². The summed E-state index contributed by atoms with van der Waals surface area (Å²) >= 11 is 0. The molecule has 0 spiro atoms. The largest absolute Gasteiger partial charge is 0.352 e. The summed E-state index contributed by atoms with van der Waals surface area (Å²) in [6, 6.07) is 0.943. The molecule has 0 bridgehead atoms. The molecule has 17 heavy (non-hydrogen) atoms. The van der Waals surface area contributed by atoms with Gasteiger partial charge in [0, 0.05) is 12.1 Å². The molecule has 3 heteroatoms. The van der Waals surface area contributed by atoms with Crippen molar-refractivity contribution < 1.29 is 4.79 Å². The predicted molar refractivity (Wildman–Crippen MR) is 69.8 cm³/mol. The normalized spacial score (nSPS) is 24.1. The Morgan fingerprint density at radius 2 is 1.71 bits per heavy atom. The smallest absolute Gasteiger partial charge is 0.234 e. The molecule has 0 radical (unpaired) electrons. The molecular weight excluding hydrogens is 212 g/mol. The highest BCUT2D eigenvalue weighted by molar-refractivity contribution is 5.78. The van der Waals surface area contributed by atoms with Crippen LogP contribution in [-0.4, -0.2) is 24.5 Å². The minimum atomic E-state index is 0.177. The second-order valence-corrected chi connectivity index (χ2v) is 5.76. The van der Waals surface area contributed by atoms with E-state index in [-0.39, 0.29) is 5.91 Å². The number of hydrogen-bond acceptors (Lipinski definition) is 2. The molecule has 3 nitrogen and oxygen atoms in total. The highest BCUT2D eigenvalue weighted by Gasteiger charge is 2.23. The van der Waals surface area contributed by atoms with Gasteiger partial charge in [0.2, 0.25) is 5.91 Å². The fourth-order valence-electron chi connectivity index (χ4n) is 3.25. The number of nitrogens with one attached hydrogen (secondary N) is 2. The average molecular weight is 238 g/mol. The van der Waals surface area contributed by atoms with E-state index in [9.17, 15) is 4.79 Å². The maximum atomic E-state index is 11.8. The number of carbonyl (C=O) groups is 1. The van der Waals surface area contributed by atoms with Gasteiger partial charge in [-0.15, -0.1) is 0 Å². The van der Waals surface area contributed by atoms with Crippen molar-refractivity contribution in [2.75, 3.05) is 6.54 Å². The summed E-state index contributed by atoms with van der Waals surface area (Å²) in [5, 5.41) is 6.51. The Balaban J connectivity index is 1.62. The van der Waals surface area contributed by atoms with Gasteiger partial charge >= 0.3 is 0 Å². The minimum absolute atomic E-state index is 0.177. The summed E-state index contributed by atoms with van der Waals surface area (Å²) in [6.07, 6.45) is 10.4. The van der Waals surface area contributed by atoms with Crippen LogP contribution in [0.15, 0.2) is 0 Å². The summed E-state index contributed by atoms with van der Waals surface area (Å²) in [4.78, 5) is 11.8. The molecule has 2 rings (SSSR count). The molecule has 98 valence electrons. The van der Waals surface area contributed by atoms with Gasteiger partial charge in [-0.2, -0.15) is 0 Å². The topological polar surface area (TPSA) is 41.1 Å². The van der Waals surface area contributed by atoms with Gasteiger partial charge in [-0.1, -0.05) is 25.7 Å². The van der Waals surface area contributed by atoms with Crippen LogP contribution in [0, 0.1) is 5.92 Å². The zero-order valence-corrected chi connectivity index (χ0v) is 11.0. The van der Waals surface area contributed by atoms with Gasteiger partial charge in [0.05, 0.1) is 6.54 Å². The Hall–Kier alpha value is -0.570. The highest BCUT2D eigenvalue weighted by atomic mass is 16.1. The van der Waals surface area contributed by atoms with Crippen molar-refractivity contribution in [2.45, 2.75) is 70.4 Å². The molecule has 2 aliphatic carbocycles. The Kier molecular flexibility index (Phi) is 4.84. The summed E-state index contributed by atoms with van der Waals surface area (Å²) in [6.45, 7) is 2.66. The first kappa shape index (κ1) is 12.9. The summed E-state index contributed by atoms with van der Waals surface area (Å²) < 4.78 is 0. The Morgan fingerprint density at radius 1 is 1.12 bits per heavy atom. The first-order chi connectivity index (χ1) is 8.25. The number of amides is 1. The van der Waals surface area contributed by atoms with E-state index < -0.39 is 0 Å².